The zero-order chi connectivity index (χ0) is 29.4. The first-order valence-corrected chi connectivity index (χ1v) is 11.0. The van der Waals surface area contributed by atoms with Crippen molar-refractivity contribution < 1.29 is 55.7 Å². The van der Waals surface area contributed by atoms with Crippen molar-refractivity contribution in [3.63, 3.8) is 0 Å². The molecule has 0 aliphatic carbocycles. The topological polar surface area (TPSA) is 162 Å². The minimum absolute atomic E-state index is 0.0857. The summed E-state index contributed by atoms with van der Waals surface area (Å²) in [5.41, 5.74) is 3.55. The minimum atomic E-state index is -5.08. The molecule has 5 N–H and O–H groups in total. The van der Waals surface area contributed by atoms with E-state index in [0.717, 1.165) is 38.5 Å². The fourth-order valence-corrected chi connectivity index (χ4v) is 2.86. The smallest absolute Gasteiger partial charge is 0.475 e. The summed E-state index contributed by atoms with van der Waals surface area (Å²) in [4.78, 5) is 29.9. The maximum absolute atomic E-state index is 10.6. The molecule has 0 amide bonds. The molecule has 0 atom stereocenters. The van der Waals surface area contributed by atoms with E-state index in [1.807, 2.05) is 36.4 Å². The summed E-state index contributed by atoms with van der Waals surface area (Å²) < 4.78 is 69.8. The second-order valence-electron chi connectivity index (χ2n) is 7.17. The van der Waals surface area contributed by atoms with Crippen molar-refractivity contribution in [2.45, 2.75) is 25.5 Å². The highest BCUT2D eigenvalue weighted by Crippen LogP contribution is 2.23. The Morgan fingerprint density at radius 1 is 0.949 bits per heavy atom. The zero-order valence-corrected chi connectivity index (χ0v) is 20.7. The van der Waals surface area contributed by atoms with Gasteiger partial charge in [-0.15, -0.1) is 0 Å². The molecule has 0 spiro atoms. The number of hydrogen-bond donors (Lipinski definition) is 5. The van der Waals surface area contributed by atoms with E-state index < -0.39 is 24.3 Å². The number of aliphatic carboxylic acids is 2. The third kappa shape index (κ3) is 9.93. The van der Waals surface area contributed by atoms with Crippen LogP contribution in [0.4, 0.5) is 32.0 Å². The van der Waals surface area contributed by atoms with Crippen LogP contribution in [0.1, 0.15) is 11.5 Å². The number of aromatic nitrogens is 3. The summed E-state index contributed by atoms with van der Waals surface area (Å²) in [6.45, 7) is 0.472. The molecule has 0 saturated heterocycles. The number of rotatable bonds is 5. The second-order valence-corrected chi connectivity index (χ2v) is 8.09. The number of furan rings is 1. The first-order valence-electron chi connectivity index (χ1n) is 10.2. The first-order chi connectivity index (χ1) is 18.1. The van der Waals surface area contributed by atoms with Gasteiger partial charge >= 0.3 is 24.3 Å². The number of anilines is 1. The van der Waals surface area contributed by atoms with Crippen molar-refractivity contribution in [2.75, 3.05) is 5.32 Å². The fraction of sp³-hybridized carbons (Fsp3) is 0.182. The number of aromatic amines is 1. The zero-order valence-electron chi connectivity index (χ0n) is 19.1. The van der Waals surface area contributed by atoms with Gasteiger partial charge in [-0.25, -0.2) is 19.6 Å². The average molecular weight is 627 g/mol. The Balaban J connectivity index is 0.000000317. The van der Waals surface area contributed by atoms with E-state index in [4.69, 9.17) is 29.3 Å². The number of carbonyl (C=O) groups is 2. The highest BCUT2D eigenvalue weighted by Gasteiger charge is 2.38. The van der Waals surface area contributed by atoms with E-state index in [9.17, 15) is 26.3 Å². The summed E-state index contributed by atoms with van der Waals surface area (Å²) in [5.74, 6) is -3.38. The SMILES string of the molecule is O=C(O)C(F)(F)F.O=C(O)C(F)(F)F.OCc1ccc(CNc2ccc(-c3nc4cc(Br)cnc4[nH]3)cc2)o1. The maximum Gasteiger partial charge on any atom is 0.490 e. The van der Waals surface area contributed by atoms with Crippen LogP contribution in [0, 0.1) is 0 Å². The molecule has 1 aromatic carbocycles. The van der Waals surface area contributed by atoms with Crippen molar-refractivity contribution in [2.24, 2.45) is 0 Å². The second kappa shape index (κ2) is 13.1. The van der Waals surface area contributed by atoms with Gasteiger partial charge in [0.15, 0.2) is 5.65 Å². The number of nitrogens with one attached hydrogen (secondary N) is 2. The van der Waals surface area contributed by atoms with Gasteiger partial charge in [-0.3, -0.25) is 0 Å². The minimum Gasteiger partial charge on any atom is -0.475 e. The third-order valence-corrected chi connectivity index (χ3v) is 4.72. The average Bonchev–Trinajstić information content (AvgIpc) is 3.49. The van der Waals surface area contributed by atoms with Crippen LogP contribution in [0.15, 0.2) is 57.6 Å². The van der Waals surface area contributed by atoms with E-state index >= 15 is 0 Å². The predicted molar refractivity (Wildman–Crippen MR) is 126 cm³/mol. The summed E-state index contributed by atoms with van der Waals surface area (Å²) in [6, 6.07) is 13.5. The lowest BCUT2D eigenvalue weighted by Crippen LogP contribution is -2.21. The first kappa shape index (κ1) is 31.1. The van der Waals surface area contributed by atoms with Crippen LogP contribution in [0.5, 0.6) is 0 Å². The molecular weight excluding hydrogens is 610 g/mol. The van der Waals surface area contributed by atoms with E-state index in [2.05, 4.69) is 36.2 Å². The van der Waals surface area contributed by atoms with Crippen molar-refractivity contribution in [3.05, 3.63) is 64.7 Å². The lowest BCUT2D eigenvalue weighted by Gasteiger charge is -2.05. The van der Waals surface area contributed by atoms with E-state index in [0.29, 0.717) is 12.3 Å². The van der Waals surface area contributed by atoms with Gasteiger partial charge in [0.2, 0.25) is 0 Å². The molecule has 0 radical (unpaired) electrons. The molecule has 0 aliphatic heterocycles. The van der Waals surface area contributed by atoms with Gasteiger partial charge in [-0.05, 0) is 58.4 Å². The number of halogens is 7. The molecule has 4 rings (SSSR count). The van der Waals surface area contributed by atoms with Crippen molar-refractivity contribution in [3.8, 4) is 11.4 Å². The van der Waals surface area contributed by atoms with Crippen LogP contribution in [-0.4, -0.2) is 54.6 Å². The van der Waals surface area contributed by atoms with Crippen LogP contribution in [0.3, 0.4) is 0 Å². The highest BCUT2D eigenvalue weighted by molar-refractivity contribution is 9.10. The third-order valence-electron chi connectivity index (χ3n) is 4.29. The number of H-pyrrole nitrogens is 1. The lowest BCUT2D eigenvalue weighted by atomic mass is 10.2. The van der Waals surface area contributed by atoms with E-state index in [1.54, 1.807) is 12.3 Å². The molecule has 17 heteroatoms. The Hall–Kier alpha value is -4.12. The Morgan fingerprint density at radius 3 is 1.97 bits per heavy atom. The molecule has 3 aromatic heterocycles. The molecule has 4 aromatic rings. The number of pyridine rings is 1. The largest absolute Gasteiger partial charge is 0.490 e. The van der Waals surface area contributed by atoms with Crippen LogP contribution >= 0.6 is 15.9 Å². The van der Waals surface area contributed by atoms with Crippen LogP contribution in [0.2, 0.25) is 0 Å². The number of benzene rings is 1. The molecule has 0 unspecified atom stereocenters. The van der Waals surface area contributed by atoms with Crippen LogP contribution in [0.25, 0.3) is 22.6 Å². The molecular formula is C22H17BrF6N4O6. The van der Waals surface area contributed by atoms with Gasteiger partial charge in [0, 0.05) is 21.9 Å². The maximum atomic E-state index is 10.6. The van der Waals surface area contributed by atoms with E-state index in [1.165, 1.54) is 0 Å². The Kier molecular flexibility index (Phi) is 10.4. The normalized spacial score (nSPS) is 11.2. The number of aliphatic hydroxyl groups excluding tert-OH is 1. The Labute approximate surface area is 222 Å². The molecule has 10 nitrogen and oxygen atoms in total. The number of imidazole rings is 1. The van der Waals surface area contributed by atoms with Gasteiger partial charge in [0.05, 0.1) is 6.54 Å². The summed E-state index contributed by atoms with van der Waals surface area (Å²) in [6.07, 6.45) is -8.42. The predicted octanol–water partition coefficient (Wildman–Crippen LogP) is 5.35. The Morgan fingerprint density at radius 2 is 1.49 bits per heavy atom. The molecule has 0 saturated carbocycles. The van der Waals surface area contributed by atoms with Gasteiger partial charge in [-0.1, -0.05) is 0 Å². The Bertz CT molecular complexity index is 1380. The molecule has 39 heavy (non-hydrogen) atoms. The van der Waals surface area contributed by atoms with Crippen molar-refractivity contribution in [1.29, 1.82) is 0 Å². The number of nitrogens with zero attached hydrogens (tertiary/aromatic N) is 2. The van der Waals surface area contributed by atoms with Crippen molar-refractivity contribution in [1.82, 2.24) is 15.0 Å². The summed E-state index contributed by atoms with van der Waals surface area (Å²) in [5, 5.41) is 26.5. The molecule has 210 valence electrons. The quantitative estimate of drug-likeness (QED) is 0.184. The van der Waals surface area contributed by atoms with Gasteiger partial charge < -0.3 is 30.0 Å². The number of aliphatic hydroxyl groups is 1. The fourth-order valence-electron chi connectivity index (χ4n) is 2.54. The number of fused-ring (bicyclic) bond motifs is 1. The number of carboxylic acids is 2. The number of alkyl halides is 6. The molecule has 3 heterocycles. The summed E-state index contributed by atoms with van der Waals surface area (Å²) >= 11 is 3.40. The van der Waals surface area contributed by atoms with Crippen LogP contribution < -0.4 is 5.32 Å². The number of carboxylic acid groups (broad SMARTS) is 2. The highest BCUT2D eigenvalue weighted by atomic mass is 79.9. The van der Waals surface area contributed by atoms with Crippen molar-refractivity contribution >= 4 is 44.7 Å². The molecule has 0 bridgehead atoms. The summed E-state index contributed by atoms with van der Waals surface area (Å²) in [7, 11) is 0. The monoisotopic (exact) mass is 626 g/mol. The molecule has 0 fully saturated rings. The number of hydrogen-bond acceptors (Lipinski definition) is 7. The van der Waals surface area contributed by atoms with Gasteiger partial charge in [-0.2, -0.15) is 26.3 Å². The van der Waals surface area contributed by atoms with Gasteiger partial charge in [0.1, 0.15) is 29.5 Å². The van der Waals surface area contributed by atoms with Crippen LogP contribution in [-0.2, 0) is 22.7 Å². The standard InChI is InChI=1S/C18H15BrN4O2.2C2HF3O2/c19-12-7-16-18(21-8-12)23-17(22-16)11-1-3-13(4-2-11)20-9-14-5-6-15(10-24)25-14;2*3-2(4,5)1(6)7/h1-8,20,24H,9-10H2,(H,21,22,23);2*(H,6,7). The lowest BCUT2D eigenvalue weighted by molar-refractivity contribution is -0.193. The molecule has 0 aliphatic rings. The van der Waals surface area contributed by atoms with Gasteiger partial charge in [0.25, 0.3) is 0 Å². The van der Waals surface area contributed by atoms with E-state index in [-0.39, 0.29) is 6.61 Å².